The molecule has 74 valence electrons. The van der Waals surface area contributed by atoms with Crippen molar-refractivity contribution in [1.29, 1.82) is 0 Å². The minimum absolute atomic E-state index is 0.0322. The van der Waals surface area contributed by atoms with Crippen LogP contribution in [0.2, 0.25) is 0 Å². The molecule has 1 aromatic rings. The summed E-state index contributed by atoms with van der Waals surface area (Å²) in [5.74, 6) is 5.01. The van der Waals surface area contributed by atoms with Gasteiger partial charge in [0.2, 0.25) is 0 Å². The van der Waals surface area contributed by atoms with Crippen molar-refractivity contribution in [2.45, 2.75) is 18.9 Å². The van der Waals surface area contributed by atoms with Crippen molar-refractivity contribution in [2.75, 3.05) is 6.61 Å². The smallest absolute Gasteiger partial charge is 0.121 e. The summed E-state index contributed by atoms with van der Waals surface area (Å²) in [5.41, 5.74) is 1.05. The van der Waals surface area contributed by atoms with Crippen LogP contribution >= 0.6 is 0 Å². The van der Waals surface area contributed by atoms with Crippen molar-refractivity contribution < 1.29 is 10.2 Å². The molecule has 0 aliphatic rings. The van der Waals surface area contributed by atoms with Gasteiger partial charge >= 0.3 is 0 Å². The fourth-order valence-corrected chi connectivity index (χ4v) is 1.21. The summed E-state index contributed by atoms with van der Waals surface area (Å²) >= 11 is 0. The number of benzene rings is 1. The normalized spacial score (nSPS) is 13.9. The lowest BCUT2D eigenvalue weighted by Gasteiger charge is -2.13. The van der Waals surface area contributed by atoms with E-state index in [-0.39, 0.29) is 12.5 Å². The lowest BCUT2D eigenvalue weighted by Crippen LogP contribution is -2.13. The van der Waals surface area contributed by atoms with E-state index >= 15 is 0 Å². The summed E-state index contributed by atoms with van der Waals surface area (Å²) in [6.45, 7) is 1.70. The van der Waals surface area contributed by atoms with Crippen LogP contribution in [0.3, 0.4) is 0 Å². The van der Waals surface area contributed by atoms with Gasteiger partial charge in [-0.25, -0.2) is 0 Å². The quantitative estimate of drug-likeness (QED) is 0.687. The Hall–Kier alpha value is -1.30. The number of hydrogen-bond acceptors (Lipinski definition) is 2. The summed E-state index contributed by atoms with van der Waals surface area (Å²) in [6, 6.07) is 9.70. The zero-order valence-corrected chi connectivity index (χ0v) is 8.14. The number of aliphatic hydroxyl groups is 2. The van der Waals surface area contributed by atoms with Gasteiger partial charge in [0, 0.05) is 5.92 Å². The molecule has 1 rings (SSSR count). The zero-order valence-electron chi connectivity index (χ0n) is 8.14. The molecule has 0 bridgehead atoms. The molecule has 0 aliphatic heterocycles. The Bertz CT molecular complexity index is 321. The molecule has 0 radical (unpaired) electrons. The Balaban J connectivity index is 2.70. The maximum Gasteiger partial charge on any atom is 0.121 e. The van der Waals surface area contributed by atoms with Gasteiger partial charge in [-0.1, -0.05) is 49.1 Å². The molecule has 0 heterocycles. The molecule has 0 saturated heterocycles. The van der Waals surface area contributed by atoms with Gasteiger partial charge in [-0.2, -0.15) is 0 Å². The van der Waals surface area contributed by atoms with E-state index in [1.165, 1.54) is 0 Å². The molecule has 0 aromatic heterocycles. The van der Waals surface area contributed by atoms with Crippen LogP contribution in [-0.2, 0) is 0 Å². The number of aliphatic hydroxyl groups excluding tert-OH is 2. The lowest BCUT2D eigenvalue weighted by molar-refractivity contribution is 0.206. The average Bonchev–Trinajstić information content (AvgIpc) is 2.26. The first kappa shape index (κ1) is 10.8. The second-order valence-corrected chi connectivity index (χ2v) is 3.12. The van der Waals surface area contributed by atoms with Crippen LogP contribution in [0.15, 0.2) is 30.3 Å². The fraction of sp³-hybridized carbons (Fsp3) is 0.333. The highest BCUT2D eigenvalue weighted by molar-refractivity contribution is 5.23. The minimum atomic E-state index is -0.718. The molecule has 2 atom stereocenters. The molecule has 0 aliphatic carbocycles. The molecule has 14 heavy (non-hydrogen) atoms. The Morgan fingerprint density at radius 3 is 2.50 bits per heavy atom. The van der Waals surface area contributed by atoms with Gasteiger partial charge in [0.1, 0.15) is 12.7 Å². The third kappa shape index (κ3) is 2.88. The van der Waals surface area contributed by atoms with Crippen molar-refractivity contribution in [3.05, 3.63) is 35.9 Å². The van der Waals surface area contributed by atoms with Crippen LogP contribution in [0, 0.1) is 11.8 Å². The summed E-state index contributed by atoms with van der Waals surface area (Å²) in [6.07, 6.45) is -0.718. The van der Waals surface area contributed by atoms with Crippen molar-refractivity contribution >= 4 is 0 Å². The largest absolute Gasteiger partial charge is 0.384 e. The lowest BCUT2D eigenvalue weighted by atomic mass is 9.96. The maximum absolute atomic E-state index is 9.62. The van der Waals surface area contributed by atoms with Gasteiger partial charge in [-0.05, 0) is 5.56 Å². The number of hydrogen-bond donors (Lipinski definition) is 2. The SMILES string of the molecule is CC(c1ccccc1)C(O)C#CCO. The van der Waals surface area contributed by atoms with Crippen LogP contribution < -0.4 is 0 Å². The molecule has 0 fully saturated rings. The summed E-state index contributed by atoms with van der Waals surface area (Å²) in [5, 5.41) is 18.1. The van der Waals surface area contributed by atoms with E-state index < -0.39 is 6.10 Å². The highest BCUT2D eigenvalue weighted by Gasteiger charge is 2.12. The van der Waals surface area contributed by atoms with Crippen molar-refractivity contribution in [3.63, 3.8) is 0 Å². The predicted octanol–water partition coefficient (Wildman–Crippen LogP) is 1.15. The highest BCUT2D eigenvalue weighted by Crippen LogP contribution is 2.17. The second-order valence-electron chi connectivity index (χ2n) is 3.12. The van der Waals surface area contributed by atoms with Crippen LogP contribution in [-0.4, -0.2) is 22.9 Å². The average molecular weight is 190 g/mol. The van der Waals surface area contributed by atoms with E-state index in [1.807, 2.05) is 37.3 Å². The molecule has 0 spiro atoms. The predicted molar refractivity (Wildman–Crippen MR) is 55.7 cm³/mol. The third-order valence-electron chi connectivity index (χ3n) is 2.13. The monoisotopic (exact) mass is 190 g/mol. The van der Waals surface area contributed by atoms with Crippen LogP contribution in [0.25, 0.3) is 0 Å². The molecular formula is C12H14O2. The van der Waals surface area contributed by atoms with Crippen molar-refractivity contribution in [3.8, 4) is 11.8 Å². The van der Waals surface area contributed by atoms with Gasteiger partial charge in [0.05, 0.1) is 0 Å². The van der Waals surface area contributed by atoms with Crippen LogP contribution in [0.5, 0.6) is 0 Å². The van der Waals surface area contributed by atoms with Crippen LogP contribution in [0.1, 0.15) is 18.4 Å². The third-order valence-corrected chi connectivity index (χ3v) is 2.13. The minimum Gasteiger partial charge on any atom is -0.384 e. The van der Waals surface area contributed by atoms with E-state index in [2.05, 4.69) is 11.8 Å². The highest BCUT2D eigenvalue weighted by atomic mass is 16.3. The summed E-state index contributed by atoms with van der Waals surface area (Å²) in [4.78, 5) is 0. The second kappa shape index (κ2) is 5.43. The first-order valence-electron chi connectivity index (χ1n) is 4.58. The molecule has 0 saturated carbocycles. The molecule has 2 nitrogen and oxygen atoms in total. The van der Waals surface area contributed by atoms with Gasteiger partial charge in [0.25, 0.3) is 0 Å². The Labute approximate surface area is 84.2 Å². The van der Waals surface area contributed by atoms with Crippen molar-refractivity contribution in [2.24, 2.45) is 0 Å². The van der Waals surface area contributed by atoms with Gasteiger partial charge in [0.15, 0.2) is 0 Å². The Morgan fingerprint density at radius 2 is 1.93 bits per heavy atom. The van der Waals surface area contributed by atoms with Gasteiger partial charge < -0.3 is 10.2 Å². The van der Waals surface area contributed by atoms with Crippen molar-refractivity contribution in [1.82, 2.24) is 0 Å². The molecule has 2 unspecified atom stereocenters. The first-order chi connectivity index (χ1) is 6.75. The maximum atomic E-state index is 9.62. The topological polar surface area (TPSA) is 40.5 Å². The Kier molecular flexibility index (Phi) is 4.18. The molecule has 0 amide bonds. The van der Waals surface area contributed by atoms with E-state index in [0.717, 1.165) is 5.56 Å². The first-order valence-corrected chi connectivity index (χ1v) is 4.58. The molecule has 2 N–H and O–H groups in total. The zero-order chi connectivity index (χ0) is 10.4. The van der Waals surface area contributed by atoms with E-state index in [4.69, 9.17) is 5.11 Å². The van der Waals surface area contributed by atoms with E-state index in [9.17, 15) is 5.11 Å². The standard InChI is InChI=1S/C12H14O2/c1-10(12(14)8-5-9-13)11-6-3-2-4-7-11/h2-4,6-7,10,12-14H,9H2,1H3. The number of rotatable bonds is 2. The molecule has 2 heteroatoms. The fourth-order valence-electron chi connectivity index (χ4n) is 1.21. The molecule has 1 aromatic carbocycles. The van der Waals surface area contributed by atoms with E-state index in [0.29, 0.717) is 0 Å². The van der Waals surface area contributed by atoms with Gasteiger partial charge in [-0.15, -0.1) is 0 Å². The van der Waals surface area contributed by atoms with Gasteiger partial charge in [-0.3, -0.25) is 0 Å². The Morgan fingerprint density at radius 1 is 1.29 bits per heavy atom. The molecular weight excluding hydrogens is 176 g/mol. The summed E-state index contributed by atoms with van der Waals surface area (Å²) < 4.78 is 0. The summed E-state index contributed by atoms with van der Waals surface area (Å²) in [7, 11) is 0. The van der Waals surface area contributed by atoms with E-state index in [1.54, 1.807) is 0 Å². The van der Waals surface area contributed by atoms with Crippen LogP contribution in [0.4, 0.5) is 0 Å².